The highest BCUT2D eigenvalue weighted by atomic mass is 16.5. The number of aliphatic hydroxyl groups excluding tert-OH is 1. The Kier molecular flexibility index (Phi) is 5.53. The minimum Gasteiger partial charge on any atom is -0.459 e. The van der Waals surface area contributed by atoms with E-state index in [4.69, 9.17) is 4.74 Å². The van der Waals surface area contributed by atoms with Crippen LogP contribution >= 0.6 is 0 Å². The van der Waals surface area contributed by atoms with Crippen LogP contribution in [0.4, 0.5) is 0 Å². The molecule has 0 aromatic carbocycles. The second kappa shape index (κ2) is 7.70. The van der Waals surface area contributed by atoms with Gasteiger partial charge >= 0.3 is 5.97 Å². The molecule has 3 fully saturated rings. The molecule has 0 aromatic rings. The fourth-order valence-corrected chi connectivity index (χ4v) is 7.70. The zero-order chi connectivity index (χ0) is 23.5. The van der Waals surface area contributed by atoms with Crippen LogP contribution in [0.1, 0.15) is 53.4 Å². The third-order valence-corrected chi connectivity index (χ3v) is 9.11. The number of fused-ring (bicyclic) bond motifs is 5. The molecule has 176 valence electrons. The molecule has 4 N–H and O–H groups in total. The molecule has 0 amide bonds. The van der Waals surface area contributed by atoms with Gasteiger partial charge in [0.2, 0.25) is 0 Å². The minimum absolute atomic E-state index is 0.0372. The highest BCUT2D eigenvalue weighted by Crippen LogP contribution is 2.67. The number of rotatable bonds is 3. The topological polar surface area (TPSA) is 132 Å². The summed E-state index contributed by atoms with van der Waals surface area (Å²) in [5, 5.41) is 48.9. The summed E-state index contributed by atoms with van der Waals surface area (Å²) in [5.74, 6) is -0.0672. The number of carbonyl (C=O) groups is 1. The number of aliphatic hydroxyl groups is 2. The van der Waals surface area contributed by atoms with Gasteiger partial charge in [0, 0.05) is 23.7 Å². The van der Waals surface area contributed by atoms with E-state index in [1.54, 1.807) is 6.08 Å². The van der Waals surface area contributed by atoms with Gasteiger partial charge < -0.3 is 25.4 Å². The van der Waals surface area contributed by atoms with E-state index in [1.165, 1.54) is 6.92 Å². The van der Waals surface area contributed by atoms with E-state index in [9.17, 15) is 25.4 Å². The van der Waals surface area contributed by atoms with Crippen molar-refractivity contribution in [2.75, 3.05) is 6.61 Å². The van der Waals surface area contributed by atoms with Gasteiger partial charge in [-0.3, -0.25) is 4.79 Å². The van der Waals surface area contributed by atoms with Gasteiger partial charge in [-0.05, 0) is 55.6 Å². The van der Waals surface area contributed by atoms with Gasteiger partial charge in [0.05, 0.1) is 6.10 Å². The molecular formula is C24H34N2O6. The summed E-state index contributed by atoms with van der Waals surface area (Å²) in [6.45, 7) is 7.27. The van der Waals surface area contributed by atoms with Crippen LogP contribution in [-0.2, 0) is 9.53 Å². The summed E-state index contributed by atoms with van der Waals surface area (Å²) in [6, 6.07) is 0. The first-order valence-corrected chi connectivity index (χ1v) is 11.4. The highest BCUT2D eigenvalue weighted by Gasteiger charge is 2.68. The maximum Gasteiger partial charge on any atom is 0.303 e. The number of esters is 1. The highest BCUT2D eigenvalue weighted by molar-refractivity contribution is 6.05. The average Bonchev–Trinajstić information content (AvgIpc) is 2.99. The number of carbonyl (C=O) groups excluding carboxylic acids is 1. The Morgan fingerprint density at radius 2 is 2.03 bits per heavy atom. The Labute approximate surface area is 188 Å². The van der Waals surface area contributed by atoms with Gasteiger partial charge in [-0.25, -0.2) is 0 Å². The molecule has 0 spiro atoms. The molecule has 0 bridgehead atoms. The van der Waals surface area contributed by atoms with Crippen molar-refractivity contribution < 1.29 is 30.2 Å². The lowest BCUT2D eigenvalue weighted by Gasteiger charge is -2.61. The number of oxime groups is 2. The fourth-order valence-electron chi connectivity index (χ4n) is 7.70. The normalized spacial score (nSPS) is 46.8. The standard InChI is InChI=1S/C24H34N2O6/c1-13-9-16-17-6-8-24(29,20(26-31)12-32-14(2)27)23(17,4)11-19(28)21(16)22(3)7-5-15(25-30)10-18(13)22/h5,7,10,13,16-17,19,21,28-31H,6,8-9,11-12H2,1-4H3/b25-15?,26-20+/t13-,16?,17-,19?,21+,22-,23-,24-/m0/s1. The van der Waals surface area contributed by atoms with Gasteiger partial charge in [-0.2, -0.15) is 0 Å². The molecule has 3 saturated carbocycles. The molecule has 2 unspecified atom stereocenters. The van der Waals surface area contributed by atoms with Gasteiger partial charge in [0.15, 0.2) is 0 Å². The molecular weight excluding hydrogens is 412 g/mol. The van der Waals surface area contributed by atoms with Crippen molar-refractivity contribution in [1.82, 2.24) is 0 Å². The lowest BCUT2D eigenvalue weighted by atomic mass is 9.44. The van der Waals surface area contributed by atoms with E-state index in [1.807, 2.05) is 13.0 Å². The smallest absolute Gasteiger partial charge is 0.303 e. The third-order valence-electron chi connectivity index (χ3n) is 9.11. The summed E-state index contributed by atoms with van der Waals surface area (Å²) in [5.41, 5.74) is -0.834. The molecule has 0 aliphatic heterocycles. The zero-order valence-electron chi connectivity index (χ0n) is 19.2. The largest absolute Gasteiger partial charge is 0.459 e. The number of hydrogen-bond donors (Lipinski definition) is 4. The predicted molar refractivity (Wildman–Crippen MR) is 118 cm³/mol. The maximum absolute atomic E-state index is 11.8. The molecule has 0 radical (unpaired) electrons. The van der Waals surface area contributed by atoms with E-state index in [0.717, 1.165) is 18.4 Å². The summed E-state index contributed by atoms with van der Waals surface area (Å²) < 4.78 is 5.05. The van der Waals surface area contributed by atoms with Crippen LogP contribution in [0.5, 0.6) is 0 Å². The van der Waals surface area contributed by atoms with Gasteiger partial charge in [0.25, 0.3) is 0 Å². The molecule has 0 saturated heterocycles. The maximum atomic E-state index is 11.8. The molecule has 4 rings (SSSR count). The van der Waals surface area contributed by atoms with Crippen LogP contribution in [0, 0.1) is 34.5 Å². The Morgan fingerprint density at radius 3 is 2.66 bits per heavy atom. The summed E-state index contributed by atoms with van der Waals surface area (Å²) in [7, 11) is 0. The van der Waals surface area contributed by atoms with E-state index >= 15 is 0 Å². The van der Waals surface area contributed by atoms with Crippen molar-refractivity contribution in [3.63, 3.8) is 0 Å². The molecule has 4 aliphatic rings. The van der Waals surface area contributed by atoms with E-state index in [0.29, 0.717) is 18.6 Å². The van der Waals surface area contributed by atoms with Gasteiger partial charge in [0.1, 0.15) is 23.6 Å². The Hall–Kier alpha value is -2.19. The van der Waals surface area contributed by atoms with Crippen molar-refractivity contribution >= 4 is 17.4 Å². The van der Waals surface area contributed by atoms with Crippen LogP contribution in [0.25, 0.3) is 0 Å². The number of ether oxygens (including phenoxy) is 1. The molecule has 8 nitrogen and oxygen atoms in total. The lowest BCUT2D eigenvalue weighted by molar-refractivity contribution is -0.150. The first kappa shape index (κ1) is 23.0. The van der Waals surface area contributed by atoms with Crippen LogP contribution in [0.3, 0.4) is 0 Å². The van der Waals surface area contributed by atoms with Crippen molar-refractivity contribution in [2.24, 2.45) is 44.8 Å². The van der Waals surface area contributed by atoms with Crippen LogP contribution in [0.2, 0.25) is 0 Å². The van der Waals surface area contributed by atoms with E-state index < -0.39 is 23.1 Å². The van der Waals surface area contributed by atoms with Crippen LogP contribution < -0.4 is 0 Å². The molecule has 32 heavy (non-hydrogen) atoms. The lowest BCUT2D eigenvalue weighted by Crippen LogP contribution is -2.62. The number of nitrogens with zero attached hydrogens (tertiary/aromatic N) is 2. The average molecular weight is 447 g/mol. The fraction of sp³-hybridized carbons (Fsp3) is 0.708. The Morgan fingerprint density at radius 1 is 1.31 bits per heavy atom. The minimum atomic E-state index is -1.47. The zero-order valence-corrected chi connectivity index (χ0v) is 19.2. The van der Waals surface area contributed by atoms with Crippen LogP contribution in [-0.4, -0.2) is 56.3 Å². The molecule has 8 atom stereocenters. The second-order valence-corrected chi connectivity index (χ2v) is 10.6. The van der Waals surface area contributed by atoms with Gasteiger partial charge in [-0.1, -0.05) is 42.7 Å². The van der Waals surface area contributed by atoms with E-state index in [2.05, 4.69) is 30.2 Å². The van der Waals surface area contributed by atoms with Crippen molar-refractivity contribution in [1.29, 1.82) is 0 Å². The molecule has 4 aliphatic carbocycles. The predicted octanol–water partition coefficient (Wildman–Crippen LogP) is 2.90. The third kappa shape index (κ3) is 3.06. The SMILES string of the molecule is CC(=O)OC/C(=N\O)[C@@]1(O)CC[C@H]2C3C[C@H](C)C4=CC(=NO)C=C[C@]4(C)[C@H]3C(O)C[C@@]21C. The number of hydrogen-bond acceptors (Lipinski definition) is 8. The summed E-state index contributed by atoms with van der Waals surface area (Å²) >= 11 is 0. The Balaban J connectivity index is 1.72. The quantitative estimate of drug-likeness (QED) is 0.228. The first-order chi connectivity index (χ1) is 15.0. The van der Waals surface area contributed by atoms with E-state index in [-0.39, 0.29) is 41.4 Å². The summed E-state index contributed by atoms with van der Waals surface area (Å²) in [6.07, 6.45) is 7.42. The monoisotopic (exact) mass is 446 g/mol. The number of allylic oxidation sites excluding steroid dienone is 4. The van der Waals surface area contributed by atoms with Crippen molar-refractivity contribution in [2.45, 2.75) is 65.1 Å². The van der Waals surface area contributed by atoms with Crippen molar-refractivity contribution in [3.05, 3.63) is 23.8 Å². The Bertz CT molecular complexity index is 925. The molecule has 0 heterocycles. The second-order valence-electron chi connectivity index (χ2n) is 10.6. The van der Waals surface area contributed by atoms with Crippen molar-refractivity contribution in [3.8, 4) is 0 Å². The summed E-state index contributed by atoms with van der Waals surface area (Å²) in [4.78, 5) is 11.3. The molecule has 0 aromatic heterocycles. The van der Waals surface area contributed by atoms with Crippen LogP contribution in [0.15, 0.2) is 34.1 Å². The first-order valence-electron chi connectivity index (χ1n) is 11.4. The van der Waals surface area contributed by atoms with Gasteiger partial charge in [-0.15, -0.1) is 0 Å². The molecule has 8 heteroatoms.